The van der Waals surface area contributed by atoms with Crippen LogP contribution in [0.25, 0.3) is 11.0 Å². The van der Waals surface area contributed by atoms with Gasteiger partial charge in [0.2, 0.25) is 0 Å². The van der Waals surface area contributed by atoms with Crippen molar-refractivity contribution in [3.05, 3.63) is 46.1 Å². The average molecular weight is 217 g/mol. The van der Waals surface area contributed by atoms with Gasteiger partial charge in [0.1, 0.15) is 6.54 Å². The molecule has 0 atom stereocenters. The van der Waals surface area contributed by atoms with Gasteiger partial charge in [0.05, 0.1) is 0 Å². The molecule has 0 aliphatic carbocycles. The molecule has 2 heterocycles. The fraction of sp³-hybridized carbons (Fsp3) is 0.100. The number of rotatable bonds is 0. The number of aromatic nitrogens is 2. The van der Waals surface area contributed by atoms with Crippen molar-refractivity contribution in [2.75, 3.05) is 0 Å². The van der Waals surface area contributed by atoms with E-state index in [0.29, 0.717) is 9.46 Å². The van der Waals surface area contributed by atoms with E-state index in [0.717, 1.165) is 0 Å². The first-order valence-electron chi connectivity index (χ1n) is 4.75. The Kier molecular flexibility index (Phi) is 1.57. The Morgan fingerprint density at radius 2 is 1.75 bits per heavy atom. The lowest BCUT2D eigenvalue weighted by Gasteiger charge is -2.06. The molecule has 3 rings (SSSR count). The SMILES string of the molecule is O=C1NCc2c1[n+]([O-])c1ccccc1[n+]2[O-]. The van der Waals surface area contributed by atoms with Crippen LogP contribution in [0.4, 0.5) is 0 Å². The molecular weight excluding hydrogens is 210 g/mol. The Balaban J connectivity index is 2.53. The van der Waals surface area contributed by atoms with Gasteiger partial charge in [-0.25, -0.2) is 0 Å². The van der Waals surface area contributed by atoms with Crippen LogP contribution in [0, 0.1) is 10.4 Å². The number of carbonyl (C=O) groups excluding carboxylic acids is 1. The molecule has 0 bridgehead atoms. The first-order chi connectivity index (χ1) is 7.70. The molecule has 6 heteroatoms. The summed E-state index contributed by atoms with van der Waals surface area (Å²) in [5, 5.41) is 26.2. The van der Waals surface area contributed by atoms with Crippen LogP contribution in [0.3, 0.4) is 0 Å². The molecule has 0 fully saturated rings. The molecule has 6 nitrogen and oxygen atoms in total. The second-order valence-corrected chi connectivity index (χ2v) is 3.56. The molecule has 0 spiro atoms. The molecule has 1 amide bonds. The van der Waals surface area contributed by atoms with Gasteiger partial charge in [-0.1, -0.05) is 12.1 Å². The second kappa shape index (κ2) is 2.82. The van der Waals surface area contributed by atoms with Crippen LogP contribution in [0.1, 0.15) is 16.2 Å². The Hall–Kier alpha value is -2.37. The Morgan fingerprint density at radius 1 is 1.12 bits per heavy atom. The minimum Gasteiger partial charge on any atom is -0.618 e. The largest absolute Gasteiger partial charge is 0.618 e. The summed E-state index contributed by atoms with van der Waals surface area (Å²) in [5.74, 6) is -0.500. The smallest absolute Gasteiger partial charge is 0.353 e. The monoisotopic (exact) mass is 217 g/mol. The number of hydrogen-bond donors (Lipinski definition) is 1. The summed E-state index contributed by atoms with van der Waals surface area (Å²) in [6.45, 7) is 0.102. The number of carbonyl (C=O) groups is 1. The van der Waals surface area contributed by atoms with Gasteiger partial charge in [-0.3, -0.25) is 4.79 Å². The minimum atomic E-state index is -0.500. The molecule has 1 aliphatic rings. The van der Waals surface area contributed by atoms with Crippen molar-refractivity contribution in [3.63, 3.8) is 0 Å². The van der Waals surface area contributed by atoms with Crippen LogP contribution in [0.5, 0.6) is 0 Å². The minimum absolute atomic E-state index is 0.102. The Morgan fingerprint density at radius 3 is 2.44 bits per heavy atom. The fourth-order valence-electron chi connectivity index (χ4n) is 1.91. The quantitative estimate of drug-likeness (QED) is 0.470. The number of nitrogens with one attached hydrogen (secondary N) is 1. The molecule has 1 aliphatic heterocycles. The van der Waals surface area contributed by atoms with Crippen molar-refractivity contribution < 1.29 is 14.3 Å². The van der Waals surface area contributed by atoms with Gasteiger partial charge in [0.25, 0.3) is 16.7 Å². The zero-order valence-corrected chi connectivity index (χ0v) is 8.14. The van der Waals surface area contributed by atoms with Gasteiger partial charge in [-0.05, 0) is 0 Å². The Bertz CT molecular complexity index is 624. The van der Waals surface area contributed by atoms with E-state index in [-0.39, 0.29) is 29.0 Å². The van der Waals surface area contributed by atoms with E-state index in [1.54, 1.807) is 18.2 Å². The normalized spacial score (nSPS) is 13.9. The first kappa shape index (κ1) is 8.90. The molecule has 0 unspecified atom stereocenters. The molecule has 0 saturated heterocycles. The summed E-state index contributed by atoms with van der Waals surface area (Å²) < 4.78 is 1.15. The first-order valence-corrected chi connectivity index (χ1v) is 4.75. The predicted molar refractivity (Wildman–Crippen MR) is 53.0 cm³/mol. The number of para-hydroxylation sites is 2. The molecule has 1 aromatic heterocycles. The summed E-state index contributed by atoms with van der Waals surface area (Å²) in [5.41, 5.74) is 0.549. The number of fused-ring (bicyclic) bond motifs is 2. The standard InChI is InChI=1S/C10H7N3O3/c14-10-9-8(5-11-10)12(15)6-3-1-2-4-7(6)13(9)16/h1-4H,5H2,(H,11,14). The van der Waals surface area contributed by atoms with Crippen molar-refractivity contribution >= 4 is 16.9 Å². The summed E-state index contributed by atoms with van der Waals surface area (Å²) >= 11 is 0. The molecule has 2 aromatic rings. The van der Waals surface area contributed by atoms with E-state index in [1.165, 1.54) is 6.07 Å². The topological polar surface area (TPSA) is 83.0 Å². The van der Waals surface area contributed by atoms with E-state index in [9.17, 15) is 15.2 Å². The third kappa shape index (κ3) is 0.928. The van der Waals surface area contributed by atoms with Gasteiger partial charge >= 0.3 is 11.6 Å². The Labute approximate surface area is 89.9 Å². The lowest BCUT2D eigenvalue weighted by molar-refractivity contribution is -0.634. The van der Waals surface area contributed by atoms with Crippen molar-refractivity contribution in [2.24, 2.45) is 0 Å². The highest BCUT2D eigenvalue weighted by Crippen LogP contribution is 2.12. The summed E-state index contributed by atoms with van der Waals surface area (Å²) in [7, 11) is 0. The van der Waals surface area contributed by atoms with Gasteiger partial charge < -0.3 is 15.7 Å². The van der Waals surface area contributed by atoms with Crippen LogP contribution >= 0.6 is 0 Å². The van der Waals surface area contributed by atoms with E-state index >= 15 is 0 Å². The van der Waals surface area contributed by atoms with E-state index in [4.69, 9.17) is 0 Å². The molecule has 80 valence electrons. The van der Waals surface area contributed by atoms with Gasteiger partial charge in [-0.15, -0.1) is 4.73 Å². The zero-order chi connectivity index (χ0) is 11.3. The molecule has 16 heavy (non-hydrogen) atoms. The molecule has 0 saturated carbocycles. The lowest BCUT2D eigenvalue weighted by atomic mass is 10.2. The fourth-order valence-corrected chi connectivity index (χ4v) is 1.91. The van der Waals surface area contributed by atoms with Crippen molar-refractivity contribution in [3.8, 4) is 0 Å². The van der Waals surface area contributed by atoms with E-state index in [1.807, 2.05) is 0 Å². The van der Waals surface area contributed by atoms with Crippen LogP contribution in [-0.4, -0.2) is 5.91 Å². The third-order valence-electron chi connectivity index (χ3n) is 2.67. The van der Waals surface area contributed by atoms with E-state index < -0.39 is 5.91 Å². The van der Waals surface area contributed by atoms with Gasteiger partial charge in [0, 0.05) is 12.1 Å². The summed E-state index contributed by atoms with van der Waals surface area (Å²) in [4.78, 5) is 11.4. The lowest BCUT2D eigenvalue weighted by Crippen LogP contribution is -2.45. The second-order valence-electron chi connectivity index (χ2n) is 3.56. The highest BCUT2D eigenvalue weighted by Gasteiger charge is 2.38. The van der Waals surface area contributed by atoms with Crippen molar-refractivity contribution in [1.82, 2.24) is 5.32 Å². The van der Waals surface area contributed by atoms with Gasteiger partial charge in [0.15, 0.2) is 0 Å². The summed E-state index contributed by atoms with van der Waals surface area (Å²) in [6.07, 6.45) is 0. The predicted octanol–water partition coefficient (Wildman–Crippen LogP) is -0.650. The van der Waals surface area contributed by atoms with E-state index in [2.05, 4.69) is 5.32 Å². The number of nitrogens with zero attached hydrogens (tertiary/aromatic N) is 2. The van der Waals surface area contributed by atoms with Gasteiger partial charge in [-0.2, -0.15) is 4.73 Å². The maximum absolute atomic E-state index is 11.9. The maximum Gasteiger partial charge on any atom is 0.353 e. The molecule has 1 N–H and O–H groups in total. The van der Waals surface area contributed by atoms with Crippen LogP contribution in [0.15, 0.2) is 24.3 Å². The highest BCUT2D eigenvalue weighted by atomic mass is 16.5. The highest BCUT2D eigenvalue weighted by molar-refractivity contribution is 5.94. The molecular formula is C10H7N3O3. The number of amides is 1. The van der Waals surface area contributed by atoms with Crippen LogP contribution < -0.4 is 14.8 Å². The van der Waals surface area contributed by atoms with Crippen molar-refractivity contribution in [1.29, 1.82) is 0 Å². The van der Waals surface area contributed by atoms with Crippen LogP contribution in [-0.2, 0) is 6.54 Å². The average Bonchev–Trinajstić information content (AvgIpc) is 2.69. The van der Waals surface area contributed by atoms with Crippen LogP contribution in [0.2, 0.25) is 0 Å². The number of benzene rings is 1. The molecule has 0 radical (unpaired) electrons. The summed E-state index contributed by atoms with van der Waals surface area (Å²) in [6, 6.07) is 6.39. The zero-order valence-electron chi connectivity index (χ0n) is 8.14. The number of hydrogen-bond acceptors (Lipinski definition) is 3. The van der Waals surface area contributed by atoms with Crippen molar-refractivity contribution in [2.45, 2.75) is 6.54 Å². The maximum atomic E-state index is 11.9. The third-order valence-corrected chi connectivity index (χ3v) is 2.67. The molecule has 1 aromatic carbocycles.